The maximum Gasteiger partial charge on any atom is 0.508 e. The number of likely N-dealkylation sites (N-methyl/N-ethyl adjacent to an activating group) is 2. The van der Waals surface area contributed by atoms with Gasteiger partial charge >= 0.3 is 6.16 Å². The van der Waals surface area contributed by atoms with E-state index >= 15 is 18.8 Å². The maximum absolute atomic E-state index is 15.9. The second kappa shape index (κ2) is 10.3. The fourth-order valence-corrected chi connectivity index (χ4v) is 18.5. The summed E-state index contributed by atoms with van der Waals surface area (Å²) in [5, 5.41) is 17.1. The highest BCUT2D eigenvalue weighted by atomic mass is 33.1. The molecule has 8 saturated heterocycles. The largest absolute Gasteiger partial charge is 0.508 e. The summed E-state index contributed by atoms with van der Waals surface area (Å²) < 4.78 is 27.8. The second-order valence-corrected chi connectivity index (χ2v) is 20.2. The number of nitrogens with one attached hydrogen (secondary N) is 1. The van der Waals surface area contributed by atoms with Crippen LogP contribution in [-0.2, 0) is 45.9 Å². The summed E-state index contributed by atoms with van der Waals surface area (Å²) in [5.74, 6) is -2.47. The van der Waals surface area contributed by atoms with Crippen LogP contribution in [0.15, 0.2) is 42.5 Å². The van der Waals surface area contributed by atoms with Gasteiger partial charge in [0, 0.05) is 19.8 Å². The van der Waals surface area contributed by atoms with E-state index in [2.05, 4.69) is 5.32 Å². The minimum Gasteiger partial charge on any atom is -0.435 e. The number of halogens is 1. The molecule has 278 valence electrons. The molecule has 13 nitrogen and oxygen atoms in total. The molecule has 8 fully saturated rings. The molecular formula is C35H34FN5O8S4. The van der Waals surface area contributed by atoms with Crippen molar-refractivity contribution in [1.82, 2.24) is 19.6 Å². The van der Waals surface area contributed by atoms with Gasteiger partial charge in [0.25, 0.3) is 23.6 Å². The molecule has 10 aliphatic rings. The van der Waals surface area contributed by atoms with Gasteiger partial charge < -0.3 is 34.6 Å². The summed E-state index contributed by atoms with van der Waals surface area (Å²) in [6, 6.07) is 10.4. The van der Waals surface area contributed by atoms with Gasteiger partial charge in [-0.1, -0.05) is 52.8 Å². The molecule has 2 aromatic rings. The van der Waals surface area contributed by atoms with E-state index in [-0.39, 0.29) is 30.9 Å². The third kappa shape index (κ3) is 3.21. The van der Waals surface area contributed by atoms with Crippen LogP contribution in [0.2, 0.25) is 0 Å². The van der Waals surface area contributed by atoms with E-state index in [0.717, 1.165) is 37.9 Å². The van der Waals surface area contributed by atoms with Gasteiger partial charge in [-0.05, 0) is 83.2 Å². The minimum absolute atomic E-state index is 0.0761. The molecule has 0 aromatic heterocycles. The van der Waals surface area contributed by atoms with E-state index in [1.165, 1.54) is 50.7 Å². The van der Waals surface area contributed by atoms with Crippen molar-refractivity contribution in [2.24, 2.45) is 0 Å². The normalized spacial score (nSPS) is 42.3. The van der Waals surface area contributed by atoms with Gasteiger partial charge in [-0.15, -0.1) is 0 Å². The van der Waals surface area contributed by atoms with Gasteiger partial charge in [0.2, 0.25) is 9.74 Å². The zero-order chi connectivity index (χ0) is 37.4. The Morgan fingerprint density at radius 2 is 1.62 bits per heavy atom. The Morgan fingerprint density at radius 1 is 0.906 bits per heavy atom. The number of ether oxygens (including phenoxy) is 2. The Kier molecular flexibility index (Phi) is 6.64. The Labute approximate surface area is 319 Å². The van der Waals surface area contributed by atoms with Crippen LogP contribution in [0.3, 0.4) is 0 Å². The monoisotopic (exact) mass is 799 g/mol. The number of hydrogen-bond acceptors (Lipinski definition) is 13. The second-order valence-electron chi connectivity index (χ2n) is 14.9. The van der Waals surface area contributed by atoms with Gasteiger partial charge in [0.05, 0.1) is 23.5 Å². The molecule has 9 aliphatic heterocycles. The lowest BCUT2D eigenvalue weighted by molar-refractivity contribution is -0.168. The molecule has 9 heterocycles. The van der Waals surface area contributed by atoms with Crippen molar-refractivity contribution in [3.8, 4) is 0 Å². The van der Waals surface area contributed by atoms with Gasteiger partial charge in [-0.25, -0.2) is 9.18 Å². The average Bonchev–Trinajstić information content (AvgIpc) is 3.79. The quantitative estimate of drug-likeness (QED) is 0.345. The highest BCUT2D eigenvalue weighted by molar-refractivity contribution is 8.78. The number of aliphatic hydroxyl groups excluding tert-OH is 1. The first-order valence-electron chi connectivity index (χ1n) is 17.4. The highest BCUT2D eigenvalue weighted by Gasteiger charge is 2.93. The number of rotatable bonds is 4. The van der Waals surface area contributed by atoms with E-state index in [1.54, 1.807) is 31.9 Å². The zero-order valence-corrected chi connectivity index (χ0v) is 32.3. The molecule has 12 rings (SSSR count). The van der Waals surface area contributed by atoms with E-state index in [9.17, 15) is 14.7 Å². The number of aliphatic hydroxyl groups is 1. The van der Waals surface area contributed by atoms with Crippen LogP contribution < -0.4 is 5.32 Å². The summed E-state index contributed by atoms with van der Waals surface area (Å²) in [6.45, 7) is 5.01. The number of anilines is 1. The lowest BCUT2D eigenvalue weighted by Gasteiger charge is -2.59. The predicted octanol–water partition coefficient (Wildman–Crippen LogP) is 3.21. The topological polar surface area (TPSA) is 149 Å². The van der Waals surface area contributed by atoms with Crippen LogP contribution in [0, 0.1) is 5.82 Å². The van der Waals surface area contributed by atoms with Crippen LogP contribution in [-0.4, -0.2) is 119 Å². The number of amides is 4. The first kappa shape index (κ1) is 34.2. The molecule has 2 N–H and O–H groups in total. The smallest absolute Gasteiger partial charge is 0.435 e. The third-order valence-corrected chi connectivity index (χ3v) is 20.7. The first-order valence-corrected chi connectivity index (χ1v) is 21.7. The Bertz CT molecular complexity index is 2130. The number of nitrogens with zero attached hydrogens (tertiary/aromatic N) is 4. The van der Waals surface area contributed by atoms with E-state index in [4.69, 9.17) is 9.47 Å². The number of carbonyl (C=O) groups is 5. The molecule has 2 spiro atoms. The van der Waals surface area contributed by atoms with Crippen LogP contribution in [0.1, 0.15) is 43.9 Å². The van der Waals surface area contributed by atoms with Gasteiger partial charge in [-0.3, -0.25) is 24.1 Å². The number of benzene rings is 2. The fraction of sp³-hybridized carbons (Fsp3) is 0.514. The summed E-state index contributed by atoms with van der Waals surface area (Å²) in [6.07, 6.45) is -5.27. The van der Waals surface area contributed by atoms with Gasteiger partial charge in [-0.2, -0.15) is 0 Å². The van der Waals surface area contributed by atoms with Crippen LogP contribution in [0.25, 0.3) is 0 Å². The van der Waals surface area contributed by atoms with Gasteiger partial charge in [0.1, 0.15) is 18.1 Å². The Hall–Kier alpha value is -3.32. The summed E-state index contributed by atoms with van der Waals surface area (Å²) >= 11 is 0. The van der Waals surface area contributed by atoms with Crippen molar-refractivity contribution in [2.45, 2.75) is 88.3 Å². The molecule has 0 radical (unpaired) electrons. The molecule has 18 heteroatoms. The van der Waals surface area contributed by atoms with Crippen LogP contribution in [0.4, 0.5) is 14.9 Å². The van der Waals surface area contributed by atoms with Crippen molar-refractivity contribution in [3.63, 3.8) is 0 Å². The molecule has 10 atom stereocenters. The highest BCUT2D eigenvalue weighted by Crippen LogP contribution is 2.79. The van der Waals surface area contributed by atoms with Crippen molar-refractivity contribution < 1.29 is 42.9 Å². The van der Waals surface area contributed by atoms with Gasteiger partial charge in [0.15, 0.2) is 15.8 Å². The number of hydrogen-bond donors (Lipinski definition) is 2. The summed E-state index contributed by atoms with van der Waals surface area (Å²) in [4.78, 5) is 73.3. The summed E-state index contributed by atoms with van der Waals surface area (Å²) in [5.41, 5.74) is -1.76. The summed E-state index contributed by atoms with van der Waals surface area (Å²) in [7, 11) is 7.69. The lowest BCUT2D eigenvalue weighted by atomic mass is 9.51. The van der Waals surface area contributed by atoms with Crippen molar-refractivity contribution in [2.75, 3.05) is 26.0 Å². The zero-order valence-electron chi connectivity index (χ0n) is 29.1. The lowest BCUT2D eigenvalue weighted by Crippen LogP contribution is -2.77. The van der Waals surface area contributed by atoms with Crippen LogP contribution >= 0.6 is 43.2 Å². The predicted molar refractivity (Wildman–Crippen MR) is 195 cm³/mol. The molecule has 1 aliphatic carbocycles. The fourth-order valence-electron chi connectivity index (χ4n) is 11.0. The van der Waals surface area contributed by atoms with E-state index < -0.39 is 84.4 Å². The molecule has 0 unspecified atom stereocenters. The average molecular weight is 800 g/mol. The standard InChI is InChI=1S/C35H34FN5O8S4/c1-6-31-26(44)40-21-14-16-10-8-9-11-18(16)32(21,22(42)34(40,52-51-31)27(45)39(31)5)33-19-15-17(36)12-13-20(19)37-24(33)41-25(43)30(3)38(4)28(46)35(41,53-50-30)23(33)49-29(47)48-7-2/h8-13,15,21-24,37,42H,6-7,14H2,1-5H3/t21-,22-,23-,24+,30-,31-,32-,33+,34-,35-/m0/s1. The molecular weight excluding hydrogens is 766 g/mol. The van der Waals surface area contributed by atoms with Crippen molar-refractivity contribution in [3.05, 3.63) is 65.0 Å². The number of fused-ring (bicyclic) bond motifs is 11. The maximum atomic E-state index is 15.9. The molecule has 53 heavy (non-hydrogen) atoms. The van der Waals surface area contributed by atoms with E-state index in [1.807, 2.05) is 25.1 Å². The molecule has 0 saturated carbocycles. The third-order valence-electron chi connectivity index (χ3n) is 13.3. The Morgan fingerprint density at radius 3 is 2.36 bits per heavy atom. The molecule has 4 bridgehead atoms. The molecule has 2 aromatic carbocycles. The van der Waals surface area contributed by atoms with E-state index in [0.29, 0.717) is 11.3 Å². The van der Waals surface area contributed by atoms with Crippen molar-refractivity contribution in [1.29, 1.82) is 0 Å². The first-order chi connectivity index (χ1) is 25.2. The van der Waals surface area contributed by atoms with Crippen LogP contribution in [0.5, 0.6) is 0 Å². The SMILES string of the molecule is CCOC(=O)O[C@H]1[C@]2([C@@]34c5ccccc5C[C@@H]3N3C(=O)[C@]5(CC)SS[C@]3(C(=O)N5C)[C@H]4O)c3cc(F)ccc3N[C@@H]2N2C(=O)[C@]3(C)SS[C@]12C(=O)N3C. The molecule has 4 amide bonds. The number of carbonyl (C=O) groups excluding carboxylic acids is 5. The Balaban J connectivity index is 1.37. The minimum atomic E-state index is -1.95. The number of piperazine rings is 2. The van der Waals surface area contributed by atoms with Crippen molar-refractivity contribution >= 4 is 78.6 Å².